The highest BCUT2D eigenvalue weighted by Gasteiger charge is 2.31. The number of benzene rings is 2. The minimum atomic E-state index is -0.748. The molecule has 0 saturated carbocycles. The molecule has 2 aromatic rings. The standard InChI is InChI=1S/C22H24N2O3/c1-15(24-11-10-16-6-2-3-8-18(16)14-24)13-23-21(25)20-12-17-7-4-5-9-19(17)22(26)27-20/h2-9,15,20H,10-14H2,1H3,(H,23,25). The first kappa shape index (κ1) is 17.7. The number of ether oxygens (including phenoxy) is 1. The van der Waals surface area contributed by atoms with Gasteiger partial charge in [0.1, 0.15) is 0 Å². The largest absolute Gasteiger partial charge is 0.448 e. The van der Waals surface area contributed by atoms with E-state index in [0.717, 1.165) is 25.1 Å². The van der Waals surface area contributed by atoms with E-state index in [0.29, 0.717) is 18.5 Å². The third-order valence-corrected chi connectivity index (χ3v) is 5.54. The maximum atomic E-state index is 12.5. The Hall–Kier alpha value is -2.66. The Balaban J connectivity index is 1.33. The van der Waals surface area contributed by atoms with Gasteiger partial charge >= 0.3 is 5.97 Å². The minimum absolute atomic E-state index is 0.217. The maximum absolute atomic E-state index is 12.5. The summed E-state index contributed by atoms with van der Waals surface area (Å²) in [7, 11) is 0. The zero-order valence-corrected chi connectivity index (χ0v) is 15.5. The van der Waals surface area contributed by atoms with Gasteiger partial charge in [0.25, 0.3) is 5.91 Å². The molecule has 0 saturated heterocycles. The molecule has 2 aliphatic heterocycles. The number of hydrogen-bond acceptors (Lipinski definition) is 4. The topological polar surface area (TPSA) is 58.6 Å². The van der Waals surface area contributed by atoms with Crippen LogP contribution in [0.4, 0.5) is 0 Å². The quantitative estimate of drug-likeness (QED) is 0.846. The van der Waals surface area contributed by atoms with Crippen molar-refractivity contribution < 1.29 is 14.3 Å². The lowest BCUT2D eigenvalue weighted by Crippen LogP contribution is -2.48. The number of fused-ring (bicyclic) bond motifs is 2. The summed E-state index contributed by atoms with van der Waals surface area (Å²) in [6, 6.07) is 16.0. The van der Waals surface area contributed by atoms with E-state index in [2.05, 4.69) is 41.4 Å². The summed E-state index contributed by atoms with van der Waals surface area (Å²) < 4.78 is 5.33. The van der Waals surface area contributed by atoms with E-state index in [9.17, 15) is 9.59 Å². The molecule has 4 rings (SSSR count). The fraction of sp³-hybridized carbons (Fsp3) is 0.364. The monoisotopic (exact) mass is 364 g/mol. The molecule has 0 aromatic heterocycles. The molecule has 5 heteroatoms. The summed E-state index contributed by atoms with van der Waals surface area (Å²) >= 11 is 0. The Labute approximate surface area is 159 Å². The van der Waals surface area contributed by atoms with Crippen LogP contribution in [0, 0.1) is 0 Å². The van der Waals surface area contributed by atoms with Crippen LogP contribution in [0.2, 0.25) is 0 Å². The lowest BCUT2D eigenvalue weighted by molar-refractivity contribution is -0.130. The van der Waals surface area contributed by atoms with Crippen LogP contribution in [0.5, 0.6) is 0 Å². The smallest absolute Gasteiger partial charge is 0.339 e. The second-order valence-corrected chi connectivity index (χ2v) is 7.34. The Morgan fingerprint density at radius 1 is 1.15 bits per heavy atom. The third-order valence-electron chi connectivity index (χ3n) is 5.54. The first-order chi connectivity index (χ1) is 13.1. The number of esters is 1. The van der Waals surface area contributed by atoms with Crippen LogP contribution < -0.4 is 5.32 Å². The zero-order valence-electron chi connectivity index (χ0n) is 15.5. The van der Waals surface area contributed by atoms with Crippen molar-refractivity contribution in [3.63, 3.8) is 0 Å². The van der Waals surface area contributed by atoms with Crippen molar-refractivity contribution >= 4 is 11.9 Å². The first-order valence-electron chi connectivity index (χ1n) is 9.49. The molecular formula is C22H24N2O3. The Morgan fingerprint density at radius 2 is 1.85 bits per heavy atom. The summed E-state index contributed by atoms with van der Waals surface area (Å²) in [5.41, 5.74) is 4.20. The number of amides is 1. The van der Waals surface area contributed by atoms with Gasteiger partial charge in [-0.25, -0.2) is 4.79 Å². The molecule has 0 aliphatic carbocycles. The second-order valence-electron chi connectivity index (χ2n) is 7.34. The van der Waals surface area contributed by atoms with Crippen LogP contribution in [0.25, 0.3) is 0 Å². The minimum Gasteiger partial charge on any atom is -0.448 e. The van der Waals surface area contributed by atoms with Crippen molar-refractivity contribution in [2.24, 2.45) is 0 Å². The lowest BCUT2D eigenvalue weighted by Gasteiger charge is -2.34. The van der Waals surface area contributed by atoms with Gasteiger partial charge in [-0.2, -0.15) is 0 Å². The van der Waals surface area contributed by atoms with E-state index in [4.69, 9.17) is 4.74 Å². The molecule has 2 aromatic carbocycles. The molecule has 0 spiro atoms. The van der Waals surface area contributed by atoms with E-state index in [1.807, 2.05) is 12.1 Å². The summed E-state index contributed by atoms with van der Waals surface area (Å²) in [6.45, 7) is 4.55. The number of cyclic esters (lactones) is 1. The van der Waals surface area contributed by atoms with Crippen molar-refractivity contribution in [1.29, 1.82) is 0 Å². The number of nitrogens with zero attached hydrogens (tertiary/aromatic N) is 1. The van der Waals surface area contributed by atoms with E-state index < -0.39 is 12.1 Å². The highest BCUT2D eigenvalue weighted by Crippen LogP contribution is 2.21. The van der Waals surface area contributed by atoms with Crippen LogP contribution in [-0.2, 0) is 28.9 Å². The van der Waals surface area contributed by atoms with Crippen molar-refractivity contribution in [1.82, 2.24) is 10.2 Å². The summed E-state index contributed by atoms with van der Waals surface area (Å²) in [6.07, 6.45) is 0.715. The fourth-order valence-electron chi connectivity index (χ4n) is 3.86. The molecule has 1 amide bonds. The number of carbonyl (C=O) groups excluding carboxylic acids is 2. The van der Waals surface area contributed by atoms with E-state index in [-0.39, 0.29) is 11.9 Å². The highest BCUT2D eigenvalue weighted by molar-refractivity contribution is 5.95. The molecule has 0 radical (unpaired) electrons. The molecule has 2 heterocycles. The van der Waals surface area contributed by atoms with Crippen LogP contribution in [-0.4, -0.2) is 42.0 Å². The summed E-state index contributed by atoms with van der Waals surface area (Å²) in [5.74, 6) is -0.639. The van der Waals surface area contributed by atoms with Crippen LogP contribution >= 0.6 is 0 Å². The van der Waals surface area contributed by atoms with Crippen LogP contribution in [0.1, 0.15) is 34.0 Å². The average molecular weight is 364 g/mol. The molecular weight excluding hydrogens is 340 g/mol. The summed E-state index contributed by atoms with van der Waals surface area (Å²) in [5, 5.41) is 2.97. The van der Waals surface area contributed by atoms with Crippen molar-refractivity contribution in [3.05, 3.63) is 70.8 Å². The lowest BCUT2D eigenvalue weighted by atomic mass is 9.98. The Kier molecular flexibility index (Phi) is 4.94. The van der Waals surface area contributed by atoms with E-state index in [1.165, 1.54) is 11.1 Å². The van der Waals surface area contributed by atoms with Gasteiger partial charge in [-0.3, -0.25) is 9.69 Å². The molecule has 1 N–H and O–H groups in total. The van der Waals surface area contributed by atoms with Gasteiger partial charge in [-0.05, 0) is 36.1 Å². The number of nitrogens with one attached hydrogen (secondary N) is 1. The number of hydrogen-bond donors (Lipinski definition) is 1. The van der Waals surface area contributed by atoms with Gasteiger partial charge in [-0.1, -0.05) is 42.5 Å². The van der Waals surface area contributed by atoms with E-state index in [1.54, 1.807) is 12.1 Å². The van der Waals surface area contributed by atoms with Crippen molar-refractivity contribution in [2.75, 3.05) is 13.1 Å². The molecule has 27 heavy (non-hydrogen) atoms. The molecule has 2 atom stereocenters. The van der Waals surface area contributed by atoms with Crippen LogP contribution in [0.15, 0.2) is 48.5 Å². The number of rotatable bonds is 4. The van der Waals surface area contributed by atoms with Gasteiger partial charge in [-0.15, -0.1) is 0 Å². The number of carbonyl (C=O) groups is 2. The van der Waals surface area contributed by atoms with Gasteiger partial charge < -0.3 is 10.1 Å². The molecule has 0 fully saturated rings. The normalized spacial score (nSPS) is 20.2. The predicted molar refractivity (Wildman–Crippen MR) is 102 cm³/mol. The summed E-state index contributed by atoms with van der Waals surface area (Å²) in [4.78, 5) is 27.0. The van der Waals surface area contributed by atoms with Crippen LogP contribution in [0.3, 0.4) is 0 Å². The van der Waals surface area contributed by atoms with Gasteiger partial charge in [0.2, 0.25) is 0 Å². The Bertz CT molecular complexity index is 864. The maximum Gasteiger partial charge on any atom is 0.339 e. The van der Waals surface area contributed by atoms with Crippen molar-refractivity contribution in [2.45, 2.75) is 38.5 Å². The fourth-order valence-corrected chi connectivity index (χ4v) is 3.86. The predicted octanol–water partition coefficient (Wildman–Crippen LogP) is 2.33. The average Bonchev–Trinajstić information content (AvgIpc) is 2.71. The molecule has 5 nitrogen and oxygen atoms in total. The SMILES string of the molecule is CC(CNC(=O)C1Cc2ccccc2C(=O)O1)N1CCc2ccccc2C1. The van der Waals surface area contributed by atoms with Gasteiger partial charge in [0, 0.05) is 32.1 Å². The third kappa shape index (κ3) is 3.74. The Morgan fingerprint density at radius 3 is 2.67 bits per heavy atom. The highest BCUT2D eigenvalue weighted by atomic mass is 16.5. The zero-order chi connectivity index (χ0) is 18.8. The molecule has 140 valence electrons. The molecule has 0 bridgehead atoms. The van der Waals surface area contributed by atoms with Crippen molar-refractivity contribution in [3.8, 4) is 0 Å². The van der Waals surface area contributed by atoms with Gasteiger partial charge in [0.05, 0.1) is 5.56 Å². The second kappa shape index (κ2) is 7.53. The van der Waals surface area contributed by atoms with Gasteiger partial charge in [0.15, 0.2) is 6.10 Å². The molecule has 2 aliphatic rings. The van der Waals surface area contributed by atoms with E-state index >= 15 is 0 Å². The molecule has 2 unspecified atom stereocenters. The first-order valence-corrected chi connectivity index (χ1v) is 9.49.